The molecule has 3 atom stereocenters. The molecule has 0 radical (unpaired) electrons. The number of ketones is 1. The fourth-order valence-corrected chi connectivity index (χ4v) is 9.15. The van der Waals surface area contributed by atoms with Gasteiger partial charge in [-0.3, -0.25) is 4.79 Å². The monoisotopic (exact) mass is 660 g/mol. The summed E-state index contributed by atoms with van der Waals surface area (Å²) >= 11 is 0. The molecular weight excluding hydrogens is 597 g/mol. The van der Waals surface area contributed by atoms with Gasteiger partial charge in [0, 0.05) is 12.0 Å². The average Bonchev–Trinajstić information content (AvgIpc) is 3.17. The second-order valence-electron chi connectivity index (χ2n) is 17.9. The van der Waals surface area contributed by atoms with E-state index in [0.717, 1.165) is 24.2 Å². The van der Waals surface area contributed by atoms with Crippen molar-refractivity contribution in [2.75, 3.05) is 13.7 Å². The van der Waals surface area contributed by atoms with Crippen LogP contribution in [-0.4, -0.2) is 50.6 Å². The zero-order valence-corrected chi connectivity index (χ0v) is 34.0. The predicted octanol–water partition coefficient (Wildman–Crippen LogP) is 10.4. The van der Waals surface area contributed by atoms with Gasteiger partial charge in [-0.15, -0.1) is 0 Å². The molecule has 0 heterocycles. The molecule has 0 spiro atoms. The zero-order chi connectivity index (χ0) is 33.7. The van der Waals surface area contributed by atoms with E-state index in [9.17, 15) is 4.79 Å². The van der Waals surface area contributed by atoms with Crippen LogP contribution in [-0.2, 0) is 24.5 Å². The number of carbonyl (C=O) groups excluding carboxylic acids is 1. The van der Waals surface area contributed by atoms with Crippen LogP contribution >= 0.6 is 0 Å². The Morgan fingerprint density at radius 3 is 1.91 bits per heavy atom. The number of carbonyl (C=O) groups is 1. The van der Waals surface area contributed by atoms with E-state index in [-0.39, 0.29) is 39.0 Å². The first-order valence-corrected chi connectivity index (χ1v) is 25.5. The molecule has 1 aromatic carbocycles. The van der Waals surface area contributed by atoms with Gasteiger partial charge in [-0.05, 0) is 102 Å². The number of hydrogen-bond donors (Lipinski definition) is 0. The molecule has 0 amide bonds. The van der Waals surface area contributed by atoms with E-state index in [4.69, 9.17) is 18.0 Å². The summed E-state index contributed by atoms with van der Waals surface area (Å²) in [6.45, 7) is 35.0. The van der Waals surface area contributed by atoms with E-state index in [1.807, 2.05) is 6.07 Å². The number of hydrogen-bond acceptors (Lipinski definition) is 5. The minimum absolute atomic E-state index is 0.0471. The van der Waals surface area contributed by atoms with Gasteiger partial charge in [0.05, 0.1) is 25.9 Å². The van der Waals surface area contributed by atoms with Gasteiger partial charge in [-0.25, -0.2) is 0 Å². The Kier molecular flexibility index (Phi) is 10.9. The highest BCUT2D eigenvalue weighted by Gasteiger charge is 2.48. The lowest BCUT2D eigenvalue weighted by Crippen LogP contribution is -2.47. The largest absolute Gasteiger partial charge is 0.496 e. The summed E-state index contributed by atoms with van der Waals surface area (Å²) < 4.78 is 26.9. The number of allylic oxidation sites excluding steroid dienone is 1. The maximum absolute atomic E-state index is 13.9. The Morgan fingerprint density at radius 1 is 0.818 bits per heavy atom. The van der Waals surface area contributed by atoms with Crippen molar-refractivity contribution in [3.8, 4) is 5.75 Å². The molecule has 0 aliphatic heterocycles. The Hall–Kier alpha value is -1.04. The lowest BCUT2D eigenvalue weighted by molar-refractivity contribution is -0.115. The van der Waals surface area contributed by atoms with Gasteiger partial charge in [0.25, 0.3) is 0 Å². The van der Waals surface area contributed by atoms with Crippen LogP contribution in [0.3, 0.4) is 0 Å². The number of ether oxygens (including phenoxy) is 1. The van der Waals surface area contributed by atoms with E-state index in [2.05, 4.69) is 114 Å². The lowest BCUT2D eigenvalue weighted by Gasteiger charge is -2.43. The van der Waals surface area contributed by atoms with Crippen LogP contribution in [0.25, 0.3) is 0 Å². The number of fused-ring (bicyclic) bond motifs is 2. The third kappa shape index (κ3) is 7.91. The standard InChI is InChI=1S/C36H64O5Si3/c1-34(2,3)42(11,12)39-24-26(40-43(13,14)35(4,5)6)20-21-28-30(37)23-25-22-29-27(18-17-19-31(29)38-10)33(32(25)28)41-44(15,16)36(7,8)9/h17-19,25-26,33H,20-24H2,1-16H3/t25-,26+,33+/m0/s1. The fourth-order valence-electron chi connectivity index (χ4n) is 5.55. The minimum Gasteiger partial charge on any atom is -0.496 e. The quantitative estimate of drug-likeness (QED) is 0.221. The Balaban J connectivity index is 2.04. The third-order valence-corrected chi connectivity index (χ3v) is 25.1. The molecule has 0 aromatic heterocycles. The highest BCUT2D eigenvalue weighted by atomic mass is 28.4. The molecule has 2 aliphatic carbocycles. The van der Waals surface area contributed by atoms with Crippen molar-refractivity contribution in [3.63, 3.8) is 0 Å². The molecule has 0 N–H and O–H groups in total. The summed E-state index contributed by atoms with van der Waals surface area (Å²) in [6.07, 6.45) is 2.57. The topological polar surface area (TPSA) is 54.0 Å². The zero-order valence-electron chi connectivity index (χ0n) is 31.0. The number of methoxy groups -OCH3 is 1. The summed E-state index contributed by atoms with van der Waals surface area (Å²) in [7, 11) is -4.46. The smallest absolute Gasteiger partial charge is 0.193 e. The Morgan fingerprint density at radius 2 is 1.39 bits per heavy atom. The van der Waals surface area contributed by atoms with Crippen LogP contribution in [0.1, 0.15) is 98.8 Å². The summed E-state index contributed by atoms with van der Waals surface area (Å²) in [4.78, 5) is 13.9. The maximum Gasteiger partial charge on any atom is 0.193 e. The van der Waals surface area contributed by atoms with Gasteiger partial charge >= 0.3 is 0 Å². The molecule has 44 heavy (non-hydrogen) atoms. The van der Waals surface area contributed by atoms with Crippen molar-refractivity contribution in [1.29, 1.82) is 0 Å². The van der Waals surface area contributed by atoms with Crippen molar-refractivity contribution < 1.29 is 22.8 Å². The van der Waals surface area contributed by atoms with Gasteiger partial charge in [0.2, 0.25) is 0 Å². The first kappa shape index (κ1) is 37.4. The van der Waals surface area contributed by atoms with Crippen molar-refractivity contribution >= 4 is 30.7 Å². The molecular formula is C36H64O5Si3. The second kappa shape index (κ2) is 12.9. The molecule has 2 aliphatic rings. The van der Waals surface area contributed by atoms with Gasteiger partial charge < -0.3 is 18.0 Å². The number of benzene rings is 1. The predicted molar refractivity (Wildman–Crippen MR) is 192 cm³/mol. The first-order chi connectivity index (χ1) is 19.8. The van der Waals surface area contributed by atoms with Gasteiger partial charge in [0.15, 0.2) is 30.7 Å². The summed E-state index contributed by atoms with van der Waals surface area (Å²) in [5.74, 6) is 1.33. The molecule has 250 valence electrons. The van der Waals surface area contributed by atoms with Gasteiger partial charge in [0.1, 0.15) is 5.75 Å². The van der Waals surface area contributed by atoms with Crippen LogP contribution in [0.15, 0.2) is 29.3 Å². The van der Waals surface area contributed by atoms with Crippen LogP contribution in [0, 0.1) is 5.92 Å². The summed E-state index contributed by atoms with van der Waals surface area (Å²) in [5.41, 5.74) is 4.56. The minimum atomic E-state index is -2.17. The number of Topliss-reactive ketones (excluding diaryl/α,β-unsaturated/α-hetero) is 1. The molecule has 5 nitrogen and oxygen atoms in total. The third-order valence-electron chi connectivity index (χ3n) is 11.6. The van der Waals surface area contributed by atoms with Crippen LogP contribution < -0.4 is 4.74 Å². The van der Waals surface area contributed by atoms with Crippen molar-refractivity contribution in [1.82, 2.24) is 0 Å². The Bertz CT molecular complexity index is 1230. The van der Waals surface area contributed by atoms with Gasteiger partial charge in [-0.2, -0.15) is 0 Å². The van der Waals surface area contributed by atoms with E-state index in [1.165, 1.54) is 16.7 Å². The van der Waals surface area contributed by atoms with Crippen LogP contribution in [0.5, 0.6) is 5.75 Å². The normalized spacial score (nSPS) is 21.0. The summed E-state index contributed by atoms with van der Waals surface area (Å²) in [6, 6.07) is 6.30. The van der Waals surface area contributed by atoms with E-state index >= 15 is 0 Å². The molecule has 8 heteroatoms. The summed E-state index contributed by atoms with van der Waals surface area (Å²) in [5, 5.41) is 0.261. The molecule has 0 fully saturated rings. The molecule has 0 unspecified atom stereocenters. The highest BCUT2D eigenvalue weighted by molar-refractivity contribution is 6.75. The van der Waals surface area contributed by atoms with Crippen LogP contribution in [0.4, 0.5) is 0 Å². The molecule has 1 aromatic rings. The van der Waals surface area contributed by atoms with E-state index < -0.39 is 25.0 Å². The van der Waals surface area contributed by atoms with Crippen molar-refractivity contribution in [2.45, 2.75) is 155 Å². The first-order valence-electron chi connectivity index (χ1n) is 16.7. The van der Waals surface area contributed by atoms with Crippen molar-refractivity contribution in [3.05, 3.63) is 40.5 Å². The maximum atomic E-state index is 13.9. The van der Waals surface area contributed by atoms with Gasteiger partial charge in [-0.1, -0.05) is 74.4 Å². The van der Waals surface area contributed by atoms with E-state index in [1.54, 1.807) is 7.11 Å². The Labute approximate surface area is 273 Å². The molecule has 0 bridgehead atoms. The lowest BCUT2D eigenvalue weighted by atomic mass is 9.78. The molecule has 0 saturated heterocycles. The second-order valence-corrected chi connectivity index (χ2v) is 32.2. The van der Waals surface area contributed by atoms with Crippen LogP contribution in [0.2, 0.25) is 54.4 Å². The fraction of sp³-hybridized carbons (Fsp3) is 0.750. The molecule has 0 saturated carbocycles. The highest BCUT2D eigenvalue weighted by Crippen LogP contribution is 2.53. The average molecular weight is 661 g/mol. The van der Waals surface area contributed by atoms with Crippen molar-refractivity contribution in [2.24, 2.45) is 5.92 Å². The number of rotatable bonds is 11. The molecule has 3 rings (SSSR count). The SMILES string of the molecule is COc1cccc2c1C[C@H]1CC(=O)C(CC[C@H](CO[Si](C)(C)C(C)(C)C)O[Si](C)(C)C(C)(C)C)=C1[C@@H]2O[Si](C)(C)C(C)(C)C. The van der Waals surface area contributed by atoms with E-state index in [0.29, 0.717) is 19.4 Å².